The summed E-state index contributed by atoms with van der Waals surface area (Å²) >= 11 is 0. The van der Waals surface area contributed by atoms with Gasteiger partial charge in [0.15, 0.2) is 0 Å². The van der Waals surface area contributed by atoms with Gasteiger partial charge in [-0.2, -0.15) is 0 Å². The monoisotopic (exact) mass is 211 g/mol. The van der Waals surface area contributed by atoms with E-state index in [0.717, 1.165) is 25.7 Å². The fraction of sp³-hybridized carbons (Fsp3) is 0.923. The number of hydrogen-bond donors (Lipinski definition) is 1. The van der Waals surface area contributed by atoms with E-state index in [4.69, 9.17) is 5.73 Å². The molecule has 0 aromatic carbocycles. The minimum absolute atomic E-state index is 0.103. The fourth-order valence-corrected chi connectivity index (χ4v) is 2.50. The van der Waals surface area contributed by atoms with Gasteiger partial charge in [-0.25, -0.2) is 0 Å². The third kappa shape index (κ3) is 4.78. The van der Waals surface area contributed by atoms with Crippen LogP contribution in [0.25, 0.3) is 0 Å². The molecule has 0 aromatic heterocycles. The molecule has 0 amide bonds. The Balaban J connectivity index is 2.30. The lowest BCUT2D eigenvalue weighted by atomic mass is 9.91. The average molecular weight is 211 g/mol. The van der Waals surface area contributed by atoms with Crippen molar-refractivity contribution in [2.75, 3.05) is 0 Å². The Morgan fingerprint density at radius 2 is 1.87 bits per heavy atom. The molecule has 1 unspecified atom stereocenters. The summed E-state index contributed by atoms with van der Waals surface area (Å²) in [6.07, 6.45) is 9.99. The smallest absolute Gasteiger partial charge is 0.137 e. The summed E-state index contributed by atoms with van der Waals surface area (Å²) in [6, 6.07) is 0.103. The van der Waals surface area contributed by atoms with Gasteiger partial charge >= 0.3 is 0 Å². The van der Waals surface area contributed by atoms with Crippen LogP contribution >= 0.6 is 0 Å². The van der Waals surface area contributed by atoms with E-state index in [1.54, 1.807) is 0 Å². The van der Waals surface area contributed by atoms with Crippen molar-refractivity contribution in [3.8, 4) is 0 Å². The predicted molar refractivity (Wildman–Crippen MR) is 63.7 cm³/mol. The quantitative estimate of drug-likeness (QED) is 0.710. The van der Waals surface area contributed by atoms with Crippen molar-refractivity contribution in [2.24, 2.45) is 11.7 Å². The van der Waals surface area contributed by atoms with Crippen LogP contribution < -0.4 is 5.73 Å². The molecule has 0 aromatic rings. The van der Waals surface area contributed by atoms with Gasteiger partial charge < -0.3 is 5.73 Å². The first-order valence-corrected chi connectivity index (χ1v) is 6.52. The first-order chi connectivity index (χ1) is 7.24. The van der Waals surface area contributed by atoms with Crippen LogP contribution in [0.4, 0.5) is 0 Å². The van der Waals surface area contributed by atoms with Gasteiger partial charge in [-0.05, 0) is 19.3 Å². The first kappa shape index (κ1) is 12.7. The zero-order valence-electron chi connectivity index (χ0n) is 10.0. The summed E-state index contributed by atoms with van der Waals surface area (Å²) in [4.78, 5) is 12.0. The molecule has 1 aliphatic carbocycles. The molecule has 2 nitrogen and oxygen atoms in total. The van der Waals surface area contributed by atoms with Crippen molar-refractivity contribution in [2.45, 2.75) is 70.8 Å². The van der Waals surface area contributed by atoms with Crippen LogP contribution in [0.2, 0.25) is 0 Å². The number of hydrogen-bond acceptors (Lipinski definition) is 2. The molecule has 2 N–H and O–H groups in total. The maximum atomic E-state index is 12.0. The van der Waals surface area contributed by atoms with Gasteiger partial charge in [0.25, 0.3) is 0 Å². The molecule has 1 saturated carbocycles. The highest BCUT2D eigenvalue weighted by atomic mass is 16.1. The van der Waals surface area contributed by atoms with Gasteiger partial charge in [0.05, 0.1) is 0 Å². The highest BCUT2D eigenvalue weighted by molar-refractivity contribution is 5.81. The lowest BCUT2D eigenvalue weighted by Gasteiger charge is -2.15. The molecule has 0 radical (unpaired) electrons. The third-order valence-corrected chi connectivity index (χ3v) is 3.43. The topological polar surface area (TPSA) is 43.1 Å². The van der Waals surface area contributed by atoms with Gasteiger partial charge in [-0.3, -0.25) is 4.79 Å². The van der Waals surface area contributed by atoms with Gasteiger partial charge in [-0.15, -0.1) is 0 Å². The zero-order valence-corrected chi connectivity index (χ0v) is 10.0. The SMILES string of the molecule is CCCC(N)CC(=O)C1CCCCCC1. The van der Waals surface area contributed by atoms with Gasteiger partial charge in [0.2, 0.25) is 0 Å². The van der Waals surface area contributed by atoms with E-state index in [0.29, 0.717) is 18.1 Å². The Morgan fingerprint density at radius 1 is 1.27 bits per heavy atom. The van der Waals surface area contributed by atoms with Crippen LogP contribution in [0.15, 0.2) is 0 Å². The molecule has 1 fully saturated rings. The van der Waals surface area contributed by atoms with Gasteiger partial charge in [-0.1, -0.05) is 39.0 Å². The van der Waals surface area contributed by atoms with E-state index in [-0.39, 0.29) is 6.04 Å². The van der Waals surface area contributed by atoms with Gasteiger partial charge in [0.1, 0.15) is 5.78 Å². The number of Topliss-reactive ketones (excluding diaryl/α,β-unsaturated/α-hetero) is 1. The predicted octanol–water partition coefficient (Wildman–Crippen LogP) is 3.04. The maximum Gasteiger partial charge on any atom is 0.137 e. The number of carbonyl (C=O) groups is 1. The summed E-state index contributed by atoms with van der Waals surface area (Å²) in [6.45, 7) is 2.12. The maximum absolute atomic E-state index is 12.0. The van der Waals surface area contributed by atoms with Crippen LogP contribution in [-0.4, -0.2) is 11.8 Å². The molecule has 1 atom stereocenters. The number of carbonyl (C=O) groups excluding carboxylic acids is 1. The highest BCUT2D eigenvalue weighted by Gasteiger charge is 2.21. The lowest BCUT2D eigenvalue weighted by Crippen LogP contribution is -2.27. The van der Waals surface area contributed by atoms with Crippen molar-refractivity contribution >= 4 is 5.78 Å². The molecular formula is C13H25NO. The summed E-state index contributed by atoms with van der Waals surface area (Å²) in [5, 5.41) is 0. The second-order valence-electron chi connectivity index (χ2n) is 4.91. The summed E-state index contributed by atoms with van der Waals surface area (Å²) < 4.78 is 0. The Morgan fingerprint density at radius 3 is 2.40 bits per heavy atom. The normalized spacial score (nSPS) is 20.9. The van der Waals surface area contributed by atoms with Crippen LogP contribution in [0.1, 0.15) is 64.7 Å². The molecule has 0 spiro atoms. The van der Waals surface area contributed by atoms with Crippen LogP contribution in [0.3, 0.4) is 0 Å². The van der Waals surface area contributed by atoms with Crippen molar-refractivity contribution in [3.63, 3.8) is 0 Å². The van der Waals surface area contributed by atoms with Crippen molar-refractivity contribution < 1.29 is 4.79 Å². The summed E-state index contributed by atoms with van der Waals surface area (Å²) in [5.74, 6) is 0.758. The van der Waals surface area contributed by atoms with Crippen LogP contribution in [-0.2, 0) is 4.79 Å². The molecule has 0 heterocycles. The molecule has 0 aliphatic heterocycles. The number of ketones is 1. The van der Waals surface area contributed by atoms with Crippen molar-refractivity contribution in [1.82, 2.24) is 0 Å². The second kappa shape index (κ2) is 7.00. The number of nitrogens with two attached hydrogens (primary N) is 1. The van der Waals surface area contributed by atoms with E-state index < -0.39 is 0 Å². The first-order valence-electron chi connectivity index (χ1n) is 6.52. The highest BCUT2D eigenvalue weighted by Crippen LogP contribution is 2.24. The molecule has 0 saturated heterocycles. The second-order valence-corrected chi connectivity index (χ2v) is 4.91. The zero-order chi connectivity index (χ0) is 11.1. The van der Waals surface area contributed by atoms with Crippen LogP contribution in [0.5, 0.6) is 0 Å². The van der Waals surface area contributed by atoms with E-state index in [2.05, 4.69) is 6.92 Å². The lowest BCUT2D eigenvalue weighted by molar-refractivity contribution is -0.123. The minimum Gasteiger partial charge on any atom is -0.327 e. The van der Waals surface area contributed by atoms with E-state index in [9.17, 15) is 4.79 Å². The molecule has 88 valence electrons. The van der Waals surface area contributed by atoms with E-state index >= 15 is 0 Å². The van der Waals surface area contributed by atoms with E-state index in [1.807, 2.05) is 0 Å². The molecular weight excluding hydrogens is 186 g/mol. The van der Waals surface area contributed by atoms with Gasteiger partial charge in [0, 0.05) is 18.4 Å². The molecule has 1 rings (SSSR count). The Labute approximate surface area is 93.6 Å². The van der Waals surface area contributed by atoms with Crippen molar-refractivity contribution in [3.05, 3.63) is 0 Å². The minimum atomic E-state index is 0.103. The number of rotatable bonds is 5. The largest absolute Gasteiger partial charge is 0.327 e. The summed E-state index contributed by atoms with van der Waals surface area (Å²) in [7, 11) is 0. The standard InChI is InChI=1S/C13H25NO/c1-2-7-12(14)10-13(15)11-8-5-3-4-6-9-11/h11-12H,2-10,14H2,1H3. The Hall–Kier alpha value is -0.370. The third-order valence-electron chi connectivity index (χ3n) is 3.43. The van der Waals surface area contributed by atoms with E-state index in [1.165, 1.54) is 25.7 Å². The molecule has 15 heavy (non-hydrogen) atoms. The fourth-order valence-electron chi connectivity index (χ4n) is 2.50. The Bertz CT molecular complexity index is 183. The molecule has 1 aliphatic rings. The molecule has 2 heteroatoms. The average Bonchev–Trinajstić information content (AvgIpc) is 2.45. The summed E-state index contributed by atoms with van der Waals surface area (Å²) in [5.41, 5.74) is 5.91. The van der Waals surface area contributed by atoms with Crippen LogP contribution in [0, 0.1) is 5.92 Å². The van der Waals surface area contributed by atoms with Crippen molar-refractivity contribution in [1.29, 1.82) is 0 Å². The molecule has 0 bridgehead atoms. The Kier molecular flexibility index (Phi) is 5.92.